The molecule has 0 saturated carbocycles. The second-order valence-corrected chi connectivity index (χ2v) is 5.02. The monoisotopic (exact) mass is 232 g/mol. The van der Waals surface area contributed by atoms with Crippen molar-refractivity contribution in [1.82, 2.24) is 0 Å². The number of quaternary nitrogens is 1. The lowest BCUT2D eigenvalue weighted by atomic mass is 10.1. The molecule has 0 amide bonds. The zero-order valence-corrected chi connectivity index (χ0v) is 10.6. The van der Waals surface area contributed by atoms with Crippen molar-refractivity contribution in [3.8, 4) is 0 Å². The van der Waals surface area contributed by atoms with E-state index in [-0.39, 0.29) is 6.61 Å². The number of carboxylic acids is 1. The summed E-state index contributed by atoms with van der Waals surface area (Å²) in [5.41, 5.74) is 0. The number of aliphatic carboxylic acids is 1. The van der Waals surface area contributed by atoms with Gasteiger partial charge in [-0.2, -0.15) is 0 Å². The average Bonchev–Trinajstić information content (AvgIpc) is 2.15. The molecule has 16 heavy (non-hydrogen) atoms. The highest BCUT2D eigenvalue weighted by Gasteiger charge is 2.12. The van der Waals surface area contributed by atoms with Crippen LogP contribution in [0.1, 0.15) is 38.5 Å². The van der Waals surface area contributed by atoms with E-state index in [1.807, 2.05) is 0 Å². The van der Waals surface area contributed by atoms with E-state index in [4.69, 9.17) is 10.2 Å². The van der Waals surface area contributed by atoms with Crippen LogP contribution in [0.15, 0.2) is 0 Å². The maximum atomic E-state index is 10.3. The Kier molecular flexibility index (Phi) is 8.21. The van der Waals surface area contributed by atoms with Crippen molar-refractivity contribution in [1.29, 1.82) is 0 Å². The van der Waals surface area contributed by atoms with E-state index in [1.165, 1.54) is 0 Å². The molecule has 4 heteroatoms. The smallest absolute Gasteiger partial charge is 0.303 e. The number of rotatable bonds is 10. The maximum Gasteiger partial charge on any atom is 0.303 e. The maximum absolute atomic E-state index is 10.3. The van der Waals surface area contributed by atoms with E-state index in [0.29, 0.717) is 6.42 Å². The Bertz CT molecular complexity index is 193. The van der Waals surface area contributed by atoms with Gasteiger partial charge in [-0.3, -0.25) is 4.79 Å². The molecule has 0 spiro atoms. The molecule has 4 nitrogen and oxygen atoms in total. The van der Waals surface area contributed by atoms with Gasteiger partial charge in [-0.25, -0.2) is 0 Å². The SMILES string of the molecule is C[N+](C)(CCO)CCCCCCCC(=O)O. The Morgan fingerprint density at radius 2 is 1.56 bits per heavy atom. The van der Waals surface area contributed by atoms with Crippen LogP contribution in [0.2, 0.25) is 0 Å². The van der Waals surface area contributed by atoms with E-state index < -0.39 is 5.97 Å². The lowest BCUT2D eigenvalue weighted by Gasteiger charge is -2.28. The minimum absolute atomic E-state index is 0.242. The van der Waals surface area contributed by atoms with Crippen LogP contribution in [-0.4, -0.2) is 54.5 Å². The summed E-state index contributed by atoms with van der Waals surface area (Å²) >= 11 is 0. The Balaban J connectivity index is 3.29. The van der Waals surface area contributed by atoms with Gasteiger partial charge in [0.15, 0.2) is 0 Å². The molecule has 0 aliphatic heterocycles. The van der Waals surface area contributed by atoms with Gasteiger partial charge in [-0.1, -0.05) is 12.8 Å². The Labute approximate surface area is 98.5 Å². The van der Waals surface area contributed by atoms with Crippen molar-refractivity contribution in [2.45, 2.75) is 38.5 Å². The van der Waals surface area contributed by atoms with Gasteiger partial charge in [-0.15, -0.1) is 0 Å². The van der Waals surface area contributed by atoms with E-state index in [2.05, 4.69) is 14.1 Å². The summed E-state index contributed by atoms with van der Waals surface area (Å²) in [4.78, 5) is 10.3. The third-order valence-corrected chi connectivity index (χ3v) is 2.86. The largest absolute Gasteiger partial charge is 0.481 e. The molecule has 0 aromatic carbocycles. The number of hydrogen-bond donors (Lipinski definition) is 2. The lowest BCUT2D eigenvalue weighted by molar-refractivity contribution is -0.890. The first kappa shape index (κ1) is 15.4. The molecule has 0 aromatic rings. The Morgan fingerprint density at radius 1 is 1.00 bits per heavy atom. The van der Waals surface area contributed by atoms with Crippen LogP contribution >= 0.6 is 0 Å². The molecule has 0 atom stereocenters. The summed E-state index contributed by atoms with van der Waals surface area (Å²) in [6.07, 6.45) is 5.54. The molecule has 0 fully saturated rings. The number of carbonyl (C=O) groups is 1. The predicted molar refractivity (Wildman–Crippen MR) is 64.3 cm³/mol. The number of aliphatic hydroxyl groups excluding tert-OH is 1. The topological polar surface area (TPSA) is 57.5 Å². The van der Waals surface area contributed by atoms with Gasteiger partial charge >= 0.3 is 5.97 Å². The standard InChI is InChI=1S/C12H25NO3/c1-13(2,10-11-14)9-7-5-3-4-6-8-12(15)16/h14H,3-11H2,1-2H3/p+1. The van der Waals surface area contributed by atoms with E-state index >= 15 is 0 Å². The fourth-order valence-corrected chi connectivity index (χ4v) is 1.73. The number of unbranched alkanes of at least 4 members (excludes halogenated alkanes) is 4. The third-order valence-electron chi connectivity index (χ3n) is 2.86. The lowest BCUT2D eigenvalue weighted by Crippen LogP contribution is -2.42. The van der Waals surface area contributed by atoms with E-state index in [1.54, 1.807) is 0 Å². The Hall–Kier alpha value is -0.610. The fraction of sp³-hybridized carbons (Fsp3) is 0.917. The zero-order valence-electron chi connectivity index (χ0n) is 10.6. The van der Waals surface area contributed by atoms with Crippen LogP contribution in [-0.2, 0) is 4.79 Å². The molecule has 0 unspecified atom stereocenters. The summed E-state index contributed by atoms with van der Waals surface area (Å²) in [5.74, 6) is -0.694. The summed E-state index contributed by atoms with van der Waals surface area (Å²) in [6.45, 7) is 2.13. The number of carboxylic acid groups (broad SMARTS) is 1. The highest BCUT2D eigenvalue weighted by molar-refractivity contribution is 5.66. The van der Waals surface area contributed by atoms with Gasteiger partial charge in [0.05, 0.1) is 27.2 Å². The second-order valence-electron chi connectivity index (χ2n) is 5.02. The molecule has 0 aromatic heterocycles. The van der Waals surface area contributed by atoms with Gasteiger partial charge in [0.25, 0.3) is 0 Å². The molecule has 0 bridgehead atoms. The molecule has 0 aliphatic carbocycles. The van der Waals surface area contributed by atoms with Crippen molar-refractivity contribution in [2.24, 2.45) is 0 Å². The molecule has 2 N–H and O–H groups in total. The van der Waals surface area contributed by atoms with Crippen LogP contribution in [0.5, 0.6) is 0 Å². The van der Waals surface area contributed by atoms with Gasteiger partial charge in [0.1, 0.15) is 6.54 Å². The normalized spacial score (nSPS) is 11.7. The second kappa shape index (κ2) is 8.53. The first-order valence-electron chi connectivity index (χ1n) is 6.12. The number of nitrogens with zero attached hydrogens (tertiary/aromatic N) is 1. The minimum Gasteiger partial charge on any atom is -0.481 e. The van der Waals surface area contributed by atoms with Crippen LogP contribution in [0.3, 0.4) is 0 Å². The van der Waals surface area contributed by atoms with Gasteiger partial charge < -0.3 is 14.7 Å². The minimum atomic E-state index is -0.694. The Morgan fingerprint density at radius 3 is 2.12 bits per heavy atom. The van der Waals surface area contributed by atoms with Crippen molar-refractivity contribution >= 4 is 5.97 Å². The number of hydrogen-bond acceptors (Lipinski definition) is 2. The zero-order chi connectivity index (χ0) is 12.4. The number of likely N-dealkylation sites (N-methyl/N-ethyl adjacent to an activating group) is 1. The molecule has 0 saturated heterocycles. The van der Waals surface area contributed by atoms with E-state index in [0.717, 1.165) is 49.7 Å². The molecule has 0 heterocycles. The van der Waals surface area contributed by atoms with Crippen LogP contribution in [0.4, 0.5) is 0 Å². The fourth-order valence-electron chi connectivity index (χ4n) is 1.73. The quantitative estimate of drug-likeness (QED) is 0.443. The van der Waals surface area contributed by atoms with Crippen molar-refractivity contribution in [3.63, 3.8) is 0 Å². The molecular formula is C12H26NO3+. The highest BCUT2D eigenvalue weighted by atomic mass is 16.4. The van der Waals surface area contributed by atoms with Crippen molar-refractivity contribution in [2.75, 3.05) is 33.8 Å². The summed E-state index contributed by atoms with van der Waals surface area (Å²) < 4.78 is 0.867. The van der Waals surface area contributed by atoms with Gasteiger partial charge in [0.2, 0.25) is 0 Å². The summed E-state index contributed by atoms with van der Waals surface area (Å²) in [5, 5.41) is 17.3. The first-order chi connectivity index (χ1) is 7.48. The molecule has 96 valence electrons. The molecule has 0 radical (unpaired) electrons. The molecular weight excluding hydrogens is 206 g/mol. The van der Waals surface area contributed by atoms with Gasteiger partial charge in [0, 0.05) is 6.42 Å². The van der Waals surface area contributed by atoms with Crippen LogP contribution < -0.4 is 0 Å². The predicted octanol–water partition coefficient (Wildman–Crippen LogP) is 1.48. The highest BCUT2D eigenvalue weighted by Crippen LogP contribution is 2.08. The van der Waals surface area contributed by atoms with Crippen LogP contribution in [0.25, 0.3) is 0 Å². The number of aliphatic hydroxyl groups is 1. The van der Waals surface area contributed by atoms with Crippen molar-refractivity contribution in [3.05, 3.63) is 0 Å². The summed E-state index contributed by atoms with van der Waals surface area (Å²) in [6, 6.07) is 0. The molecule has 0 aliphatic rings. The van der Waals surface area contributed by atoms with Crippen molar-refractivity contribution < 1.29 is 19.5 Å². The average molecular weight is 232 g/mol. The van der Waals surface area contributed by atoms with Crippen LogP contribution in [0, 0.1) is 0 Å². The third kappa shape index (κ3) is 9.93. The van der Waals surface area contributed by atoms with Gasteiger partial charge in [-0.05, 0) is 19.3 Å². The first-order valence-corrected chi connectivity index (χ1v) is 6.12. The molecule has 0 rings (SSSR count). The summed E-state index contributed by atoms with van der Waals surface area (Å²) in [7, 11) is 4.25. The van der Waals surface area contributed by atoms with E-state index in [9.17, 15) is 4.79 Å².